The summed E-state index contributed by atoms with van der Waals surface area (Å²) in [6.45, 7) is 1.17. The van der Waals surface area contributed by atoms with Crippen LogP contribution in [0.25, 0.3) is 10.9 Å². The maximum atomic E-state index is 13.0. The number of rotatable bonds is 7. The number of sulfonamides is 1. The van der Waals surface area contributed by atoms with Crippen LogP contribution in [0, 0.1) is 0 Å². The van der Waals surface area contributed by atoms with Crippen molar-refractivity contribution in [2.75, 3.05) is 13.1 Å². The maximum absolute atomic E-state index is 13.0. The molecule has 0 spiro atoms. The number of para-hydroxylation sites is 1. The summed E-state index contributed by atoms with van der Waals surface area (Å²) in [7, 11) is -3.55. The van der Waals surface area contributed by atoms with Gasteiger partial charge in [0.15, 0.2) is 0 Å². The molecule has 2 aromatic carbocycles. The minimum Gasteiger partial charge on any atom is -0.473 e. The molecule has 0 amide bonds. The lowest BCUT2D eigenvalue weighted by atomic mass is 10.1. The minimum absolute atomic E-state index is 0.0799. The Morgan fingerprint density at radius 3 is 2.61 bits per heavy atom. The largest absolute Gasteiger partial charge is 0.473 e. The van der Waals surface area contributed by atoms with Gasteiger partial charge >= 0.3 is 0 Å². The Hall–Kier alpha value is -2.48. The van der Waals surface area contributed by atoms with Crippen LogP contribution in [0.5, 0.6) is 5.88 Å². The van der Waals surface area contributed by atoms with Crippen LogP contribution in [-0.2, 0) is 27.8 Å². The van der Waals surface area contributed by atoms with Crippen LogP contribution in [0.3, 0.4) is 0 Å². The lowest BCUT2D eigenvalue weighted by Gasteiger charge is -2.26. The quantitative estimate of drug-likeness (QED) is 0.491. The van der Waals surface area contributed by atoms with E-state index >= 15 is 0 Å². The van der Waals surface area contributed by atoms with Gasteiger partial charge in [0.1, 0.15) is 12.9 Å². The Bertz CT molecular complexity index is 1210. The second-order valence-corrected chi connectivity index (χ2v) is 9.86. The number of nitrogens with zero attached hydrogens (tertiary/aromatic N) is 2. The van der Waals surface area contributed by atoms with E-state index in [-0.39, 0.29) is 17.9 Å². The van der Waals surface area contributed by atoms with Gasteiger partial charge in [0.05, 0.1) is 10.4 Å². The van der Waals surface area contributed by atoms with E-state index in [9.17, 15) is 13.2 Å². The number of aromatic nitrogens is 1. The molecule has 1 aliphatic heterocycles. The molecule has 1 aliphatic rings. The first kappa shape index (κ1) is 21.7. The van der Waals surface area contributed by atoms with Crippen molar-refractivity contribution in [3.63, 3.8) is 0 Å². The Morgan fingerprint density at radius 1 is 1.03 bits per heavy atom. The van der Waals surface area contributed by atoms with Crippen LogP contribution in [0.2, 0.25) is 5.02 Å². The molecule has 4 rings (SSSR count). The van der Waals surface area contributed by atoms with Gasteiger partial charge in [-0.25, -0.2) is 13.4 Å². The van der Waals surface area contributed by atoms with Gasteiger partial charge in [-0.15, -0.1) is 0 Å². The number of halogens is 1. The Balaban J connectivity index is 1.56. The number of benzene rings is 2. The third kappa shape index (κ3) is 4.74. The monoisotopic (exact) mass is 458 g/mol. The zero-order chi connectivity index (χ0) is 21.8. The average Bonchev–Trinajstić information content (AvgIpc) is 2.79. The smallest absolute Gasteiger partial charge is 0.243 e. The molecule has 0 saturated carbocycles. The van der Waals surface area contributed by atoms with Gasteiger partial charge in [0.25, 0.3) is 0 Å². The van der Waals surface area contributed by atoms with Crippen LogP contribution in [0.15, 0.2) is 53.4 Å². The summed E-state index contributed by atoms with van der Waals surface area (Å²) >= 11 is 6.31. The first-order valence-electron chi connectivity index (χ1n) is 10.2. The molecule has 0 radical (unpaired) electrons. The van der Waals surface area contributed by atoms with Gasteiger partial charge in [-0.3, -0.25) is 0 Å². The molecule has 0 atom stereocenters. The van der Waals surface area contributed by atoms with Crippen molar-refractivity contribution in [2.24, 2.45) is 0 Å². The number of aldehydes is 1. The molecule has 8 heteroatoms. The number of hydrogen-bond acceptors (Lipinski definition) is 5. The zero-order valence-corrected chi connectivity index (χ0v) is 18.5. The third-order valence-electron chi connectivity index (χ3n) is 5.43. The van der Waals surface area contributed by atoms with Crippen LogP contribution in [0.4, 0.5) is 0 Å². The van der Waals surface area contributed by atoms with Gasteiger partial charge in [0, 0.05) is 41.5 Å². The van der Waals surface area contributed by atoms with Crippen molar-refractivity contribution in [2.45, 2.75) is 37.2 Å². The summed E-state index contributed by atoms with van der Waals surface area (Å²) in [5.74, 6) is 0.381. The summed E-state index contributed by atoms with van der Waals surface area (Å²) in [6, 6.07) is 14.0. The first-order chi connectivity index (χ1) is 15.0. The molecule has 31 heavy (non-hydrogen) atoms. The molecule has 1 saturated heterocycles. The predicted molar refractivity (Wildman–Crippen MR) is 120 cm³/mol. The summed E-state index contributed by atoms with van der Waals surface area (Å²) in [5, 5.41) is 1.35. The van der Waals surface area contributed by atoms with Crippen LogP contribution < -0.4 is 4.74 Å². The van der Waals surface area contributed by atoms with Crippen molar-refractivity contribution in [1.29, 1.82) is 0 Å². The van der Waals surface area contributed by atoms with E-state index in [1.54, 1.807) is 18.2 Å². The van der Waals surface area contributed by atoms with Gasteiger partial charge in [0.2, 0.25) is 15.9 Å². The van der Waals surface area contributed by atoms with E-state index in [0.29, 0.717) is 35.1 Å². The standard InChI is InChI=1S/C23H23ClN2O4S/c24-21-9-8-20(31(28,29)26-12-2-1-3-13-26)15-19(21)16-30-22-10-7-17-5-4-6-18(11-14-27)23(17)25-22/h4-10,14-15H,1-3,11-13,16H2. The van der Waals surface area contributed by atoms with Crippen LogP contribution in [-0.4, -0.2) is 37.1 Å². The Labute approximate surface area is 186 Å². The number of pyridine rings is 1. The number of carbonyl (C=O) groups is 1. The summed E-state index contributed by atoms with van der Waals surface area (Å²) in [4.78, 5) is 15.7. The van der Waals surface area contributed by atoms with Crippen LogP contribution >= 0.6 is 11.6 Å². The van der Waals surface area contributed by atoms with Crippen molar-refractivity contribution in [3.05, 3.63) is 64.7 Å². The lowest BCUT2D eigenvalue weighted by Crippen LogP contribution is -2.35. The van der Waals surface area contributed by atoms with E-state index in [1.165, 1.54) is 10.4 Å². The molecule has 1 aromatic heterocycles. The van der Waals surface area contributed by atoms with E-state index in [0.717, 1.165) is 36.5 Å². The first-order valence-corrected chi connectivity index (χ1v) is 12.0. The molecule has 162 valence electrons. The molecule has 0 unspecified atom stereocenters. The second-order valence-electron chi connectivity index (χ2n) is 7.52. The van der Waals surface area contributed by atoms with Crippen molar-refractivity contribution in [3.8, 4) is 5.88 Å². The number of hydrogen-bond donors (Lipinski definition) is 0. The number of ether oxygens (including phenoxy) is 1. The number of fused-ring (bicyclic) bond motifs is 1. The fraction of sp³-hybridized carbons (Fsp3) is 0.304. The zero-order valence-electron chi connectivity index (χ0n) is 17.0. The Morgan fingerprint density at radius 2 is 1.84 bits per heavy atom. The highest BCUT2D eigenvalue weighted by molar-refractivity contribution is 7.89. The van der Waals surface area contributed by atoms with Crippen molar-refractivity contribution in [1.82, 2.24) is 9.29 Å². The lowest BCUT2D eigenvalue weighted by molar-refractivity contribution is -0.107. The highest BCUT2D eigenvalue weighted by atomic mass is 35.5. The summed E-state index contributed by atoms with van der Waals surface area (Å²) in [5.41, 5.74) is 2.10. The molecular weight excluding hydrogens is 436 g/mol. The highest BCUT2D eigenvalue weighted by Gasteiger charge is 2.26. The fourth-order valence-electron chi connectivity index (χ4n) is 3.75. The van der Waals surface area contributed by atoms with Gasteiger partial charge in [-0.05, 0) is 42.7 Å². The number of piperidine rings is 1. The highest BCUT2D eigenvalue weighted by Crippen LogP contribution is 2.27. The molecule has 2 heterocycles. The molecule has 6 nitrogen and oxygen atoms in total. The average molecular weight is 459 g/mol. The molecule has 0 aliphatic carbocycles. The molecule has 0 bridgehead atoms. The SMILES string of the molecule is O=CCc1cccc2ccc(OCc3cc(S(=O)(=O)N4CCCCC4)ccc3Cl)nc12. The van der Waals surface area contributed by atoms with E-state index in [4.69, 9.17) is 16.3 Å². The van der Waals surface area contributed by atoms with E-state index in [2.05, 4.69) is 4.98 Å². The van der Waals surface area contributed by atoms with Gasteiger partial charge in [-0.1, -0.05) is 36.2 Å². The van der Waals surface area contributed by atoms with Gasteiger partial charge in [-0.2, -0.15) is 4.31 Å². The molecular formula is C23H23ClN2O4S. The summed E-state index contributed by atoms with van der Waals surface area (Å²) < 4.78 is 33.3. The van der Waals surface area contributed by atoms with Crippen molar-refractivity contribution >= 4 is 38.8 Å². The second kappa shape index (κ2) is 9.34. The Kier molecular flexibility index (Phi) is 6.55. The maximum Gasteiger partial charge on any atom is 0.243 e. The van der Waals surface area contributed by atoms with E-state index in [1.807, 2.05) is 24.3 Å². The molecule has 0 N–H and O–H groups in total. The molecule has 3 aromatic rings. The predicted octanol–water partition coefficient (Wildman–Crippen LogP) is 4.38. The minimum atomic E-state index is -3.55. The van der Waals surface area contributed by atoms with Gasteiger partial charge < -0.3 is 9.53 Å². The molecule has 1 fully saturated rings. The van der Waals surface area contributed by atoms with E-state index < -0.39 is 10.0 Å². The fourth-order valence-corrected chi connectivity index (χ4v) is 5.49. The number of carbonyl (C=O) groups excluding carboxylic acids is 1. The third-order valence-corrected chi connectivity index (χ3v) is 7.69. The van der Waals surface area contributed by atoms with Crippen LogP contribution in [0.1, 0.15) is 30.4 Å². The summed E-state index contributed by atoms with van der Waals surface area (Å²) in [6.07, 6.45) is 3.93. The van der Waals surface area contributed by atoms with Crippen molar-refractivity contribution < 1.29 is 17.9 Å². The topological polar surface area (TPSA) is 76.6 Å². The normalized spacial score (nSPS) is 15.1.